The third kappa shape index (κ3) is 4.53. The summed E-state index contributed by atoms with van der Waals surface area (Å²) in [4.78, 5) is 33.1. The zero-order valence-electron chi connectivity index (χ0n) is 16.8. The maximum absolute atomic E-state index is 13.5. The van der Waals surface area contributed by atoms with Gasteiger partial charge in [0.15, 0.2) is 5.16 Å². The molecule has 0 radical (unpaired) electrons. The van der Waals surface area contributed by atoms with E-state index in [1.54, 1.807) is 26.0 Å². The molecular weight excluding hydrogens is 393 g/mol. The molecule has 0 bridgehead atoms. The predicted molar refractivity (Wildman–Crippen MR) is 112 cm³/mol. The molecule has 1 atom stereocenters. The molecule has 2 N–H and O–H groups in total. The quantitative estimate of drug-likeness (QED) is 0.419. The number of fused-ring (bicyclic) bond motifs is 1. The van der Waals surface area contributed by atoms with Gasteiger partial charge in [-0.05, 0) is 37.5 Å². The fourth-order valence-electron chi connectivity index (χ4n) is 3.21. The predicted octanol–water partition coefficient (Wildman–Crippen LogP) is 4.05. The summed E-state index contributed by atoms with van der Waals surface area (Å²) < 4.78 is 18.7. The lowest BCUT2D eigenvalue weighted by Crippen LogP contribution is -2.31. The third-order valence-electron chi connectivity index (χ3n) is 4.47. The monoisotopic (exact) mass is 417 g/mol. The van der Waals surface area contributed by atoms with Crippen LogP contribution in [0.5, 0.6) is 0 Å². The number of esters is 1. The van der Waals surface area contributed by atoms with Crippen LogP contribution in [0.4, 0.5) is 10.2 Å². The van der Waals surface area contributed by atoms with E-state index >= 15 is 0 Å². The van der Waals surface area contributed by atoms with Crippen molar-refractivity contribution in [1.29, 1.82) is 0 Å². The standard InChI is InChI=1S/C21H24FN3O3S/c1-5-28-20(27)15-12(4)23-18-17(16(15)13-6-8-14(22)9-7-13)19(26)25-21(24-18)29-10-11(2)3/h6-9,11,16H,5,10H2,1-4H3,(H2,23,24,25,26). The lowest BCUT2D eigenvalue weighted by atomic mass is 9.82. The number of benzene rings is 1. The van der Waals surface area contributed by atoms with Crippen molar-refractivity contribution < 1.29 is 13.9 Å². The molecule has 0 saturated heterocycles. The first-order valence-corrected chi connectivity index (χ1v) is 10.5. The Labute approximate surface area is 173 Å². The Balaban J connectivity index is 2.15. The SMILES string of the molecule is CCOC(=O)C1=C(C)Nc2nc(SCC(C)C)[nH]c(=O)c2C1c1ccc(F)cc1. The van der Waals surface area contributed by atoms with E-state index in [1.807, 2.05) is 0 Å². The number of rotatable bonds is 6. The van der Waals surface area contributed by atoms with Crippen molar-refractivity contribution in [3.05, 3.63) is 62.8 Å². The van der Waals surface area contributed by atoms with Gasteiger partial charge >= 0.3 is 5.97 Å². The Morgan fingerprint density at radius 1 is 1.31 bits per heavy atom. The zero-order chi connectivity index (χ0) is 21.1. The Hall–Kier alpha value is -2.61. The van der Waals surface area contributed by atoms with E-state index in [0.717, 1.165) is 5.75 Å². The van der Waals surface area contributed by atoms with Crippen LogP contribution >= 0.6 is 11.8 Å². The lowest BCUT2D eigenvalue weighted by Gasteiger charge is -2.28. The minimum atomic E-state index is -0.703. The second-order valence-electron chi connectivity index (χ2n) is 7.21. The average Bonchev–Trinajstić information content (AvgIpc) is 2.66. The Kier molecular flexibility index (Phi) is 6.42. The van der Waals surface area contributed by atoms with Crippen LogP contribution in [0.2, 0.25) is 0 Å². The number of hydrogen-bond donors (Lipinski definition) is 2. The highest BCUT2D eigenvalue weighted by Gasteiger charge is 2.36. The topological polar surface area (TPSA) is 84.1 Å². The van der Waals surface area contributed by atoms with Crippen LogP contribution in [0.15, 0.2) is 45.5 Å². The summed E-state index contributed by atoms with van der Waals surface area (Å²) in [5, 5.41) is 3.60. The molecule has 29 heavy (non-hydrogen) atoms. The van der Waals surface area contributed by atoms with Crippen molar-refractivity contribution in [2.75, 3.05) is 17.7 Å². The number of nitrogens with zero attached hydrogens (tertiary/aromatic N) is 1. The van der Waals surface area contributed by atoms with Crippen molar-refractivity contribution in [3.63, 3.8) is 0 Å². The molecule has 2 heterocycles. The van der Waals surface area contributed by atoms with E-state index < -0.39 is 17.7 Å². The number of hydrogen-bond acceptors (Lipinski definition) is 6. The summed E-state index contributed by atoms with van der Waals surface area (Å²) in [6.45, 7) is 7.85. The number of allylic oxidation sites excluding steroid dienone is 1. The Bertz CT molecular complexity index is 999. The molecule has 0 saturated carbocycles. The second kappa shape index (κ2) is 8.82. The average molecular weight is 418 g/mol. The normalized spacial score (nSPS) is 15.9. The molecule has 1 aliphatic heterocycles. The minimum absolute atomic E-state index is 0.206. The number of nitrogens with one attached hydrogen (secondary N) is 2. The molecule has 1 aliphatic rings. The fraction of sp³-hybridized carbons (Fsp3) is 0.381. The molecule has 0 fully saturated rings. The molecule has 0 spiro atoms. The van der Waals surface area contributed by atoms with Crippen molar-refractivity contribution in [2.24, 2.45) is 5.92 Å². The van der Waals surface area contributed by atoms with Crippen molar-refractivity contribution in [2.45, 2.75) is 38.8 Å². The van der Waals surface area contributed by atoms with E-state index in [9.17, 15) is 14.0 Å². The van der Waals surface area contributed by atoms with Gasteiger partial charge in [0.1, 0.15) is 11.6 Å². The third-order valence-corrected chi connectivity index (χ3v) is 5.77. The summed E-state index contributed by atoms with van der Waals surface area (Å²) >= 11 is 1.47. The molecule has 2 aromatic rings. The number of carbonyl (C=O) groups is 1. The molecule has 1 aromatic carbocycles. The van der Waals surface area contributed by atoms with Crippen LogP contribution in [0.3, 0.4) is 0 Å². The number of aromatic amines is 1. The van der Waals surface area contributed by atoms with Gasteiger partial charge in [0, 0.05) is 11.4 Å². The molecule has 0 aliphatic carbocycles. The van der Waals surface area contributed by atoms with Gasteiger partial charge in [-0.2, -0.15) is 0 Å². The number of anilines is 1. The summed E-state index contributed by atoms with van der Waals surface area (Å²) in [5.41, 5.74) is 1.48. The molecule has 8 heteroatoms. The van der Waals surface area contributed by atoms with Gasteiger partial charge in [-0.1, -0.05) is 37.7 Å². The number of thioether (sulfide) groups is 1. The number of carbonyl (C=O) groups excluding carboxylic acids is 1. The van der Waals surface area contributed by atoms with Crippen molar-refractivity contribution in [3.8, 4) is 0 Å². The molecule has 6 nitrogen and oxygen atoms in total. The molecule has 1 unspecified atom stereocenters. The molecule has 1 aromatic heterocycles. The highest BCUT2D eigenvalue weighted by atomic mass is 32.2. The maximum atomic E-state index is 13.5. The highest BCUT2D eigenvalue weighted by molar-refractivity contribution is 7.99. The van der Waals surface area contributed by atoms with Crippen LogP contribution in [0, 0.1) is 11.7 Å². The summed E-state index contributed by atoms with van der Waals surface area (Å²) in [7, 11) is 0. The first-order chi connectivity index (χ1) is 13.8. The van der Waals surface area contributed by atoms with E-state index in [2.05, 4.69) is 29.1 Å². The Morgan fingerprint density at radius 2 is 2.00 bits per heavy atom. The molecule has 3 rings (SSSR count). The minimum Gasteiger partial charge on any atom is -0.463 e. The van der Waals surface area contributed by atoms with Gasteiger partial charge < -0.3 is 15.0 Å². The van der Waals surface area contributed by atoms with Crippen LogP contribution in [-0.2, 0) is 9.53 Å². The van der Waals surface area contributed by atoms with E-state index in [4.69, 9.17) is 4.74 Å². The largest absolute Gasteiger partial charge is 0.463 e. The lowest BCUT2D eigenvalue weighted by molar-refractivity contribution is -0.138. The molecule has 0 amide bonds. The molecular formula is C21H24FN3O3S. The van der Waals surface area contributed by atoms with Gasteiger partial charge in [0.05, 0.1) is 23.7 Å². The van der Waals surface area contributed by atoms with Gasteiger partial charge in [-0.3, -0.25) is 4.79 Å². The van der Waals surface area contributed by atoms with Crippen LogP contribution in [0.25, 0.3) is 0 Å². The first-order valence-electron chi connectivity index (χ1n) is 9.49. The van der Waals surface area contributed by atoms with Gasteiger partial charge in [0.2, 0.25) is 0 Å². The summed E-state index contributed by atoms with van der Waals surface area (Å²) in [6, 6.07) is 5.76. The summed E-state index contributed by atoms with van der Waals surface area (Å²) in [5.74, 6) is 0.0415. The number of ether oxygens (including phenoxy) is 1. The maximum Gasteiger partial charge on any atom is 0.336 e. The van der Waals surface area contributed by atoms with Crippen molar-refractivity contribution >= 4 is 23.5 Å². The number of H-pyrrole nitrogens is 1. The first kappa shape index (κ1) is 21.1. The molecule has 154 valence electrons. The van der Waals surface area contributed by atoms with Crippen molar-refractivity contribution in [1.82, 2.24) is 9.97 Å². The van der Waals surface area contributed by atoms with Gasteiger partial charge in [-0.15, -0.1) is 0 Å². The van der Waals surface area contributed by atoms with E-state index in [0.29, 0.717) is 39.3 Å². The van der Waals surface area contributed by atoms with E-state index in [1.165, 1.54) is 23.9 Å². The van der Waals surface area contributed by atoms with Gasteiger partial charge in [-0.25, -0.2) is 14.2 Å². The smallest absolute Gasteiger partial charge is 0.336 e. The van der Waals surface area contributed by atoms with E-state index in [-0.39, 0.29) is 12.2 Å². The Morgan fingerprint density at radius 3 is 2.62 bits per heavy atom. The number of halogens is 1. The highest BCUT2D eigenvalue weighted by Crippen LogP contribution is 2.40. The van der Waals surface area contributed by atoms with Gasteiger partial charge in [0.25, 0.3) is 5.56 Å². The summed E-state index contributed by atoms with van der Waals surface area (Å²) in [6.07, 6.45) is 0. The second-order valence-corrected chi connectivity index (χ2v) is 8.22. The fourth-order valence-corrected chi connectivity index (χ4v) is 4.02. The zero-order valence-corrected chi connectivity index (χ0v) is 17.7. The van der Waals surface area contributed by atoms with Crippen LogP contribution in [0.1, 0.15) is 44.7 Å². The van der Waals surface area contributed by atoms with Crippen LogP contribution < -0.4 is 10.9 Å². The van der Waals surface area contributed by atoms with Crippen LogP contribution in [-0.4, -0.2) is 28.3 Å². The number of aromatic nitrogens is 2.